The van der Waals surface area contributed by atoms with Gasteiger partial charge in [0, 0.05) is 38.3 Å². The van der Waals surface area contributed by atoms with Crippen LogP contribution in [0.2, 0.25) is 0 Å². The van der Waals surface area contributed by atoms with Crippen LogP contribution in [-0.4, -0.2) is 70.8 Å². The fraction of sp³-hybridized carbons (Fsp3) is 0.579. The summed E-state index contributed by atoms with van der Waals surface area (Å²) in [7, 11) is 0. The summed E-state index contributed by atoms with van der Waals surface area (Å²) < 4.78 is 37.1. The Kier molecular flexibility index (Phi) is 6.59. The molecule has 0 aromatic carbocycles. The summed E-state index contributed by atoms with van der Waals surface area (Å²) >= 11 is 0. The topological polar surface area (TPSA) is 100 Å². The summed E-state index contributed by atoms with van der Waals surface area (Å²) in [6.07, 6.45) is 1.22. The molecule has 1 aromatic rings. The zero-order valence-corrected chi connectivity index (χ0v) is 16.0. The van der Waals surface area contributed by atoms with Crippen LogP contribution >= 0.6 is 0 Å². The van der Waals surface area contributed by atoms with Crippen LogP contribution in [-0.2, 0) is 19.1 Å². The van der Waals surface area contributed by atoms with Crippen molar-refractivity contribution in [2.45, 2.75) is 43.9 Å². The Morgan fingerprint density at radius 2 is 1.83 bits per heavy atom. The number of alkyl halides is 3. The third-order valence-corrected chi connectivity index (χ3v) is 5.51. The van der Waals surface area contributed by atoms with Crippen LogP contribution in [0.1, 0.15) is 25.7 Å². The molecule has 3 aliphatic rings. The first kappa shape index (κ1) is 22.0. The number of fused-ring (bicyclic) bond motifs is 1. The maximum atomic E-state index is 12.8. The van der Waals surface area contributed by atoms with Crippen LogP contribution in [0.3, 0.4) is 0 Å². The minimum absolute atomic E-state index is 0.0121. The number of aliphatic carboxylic acids is 1. The van der Waals surface area contributed by atoms with Crippen LogP contribution in [0.4, 0.5) is 18.9 Å². The highest BCUT2D eigenvalue weighted by molar-refractivity contribution is 5.98. The van der Waals surface area contributed by atoms with Crippen molar-refractivity contribution in [3.05, 3.63) is 24.5 Å². The Morgan fingerprint density at radius 3 is 2.40 bits per heavy atom. The van der Waals surface area contributed by atoms with Gasteiger partial charge in [0.25, 0.3) is 0 Å². The number of hydrogen-bond acceptors (Lipinski definition) is 5. The summed E-state index contributed by atoms with van der Waals surface area (Å²) in [4.78, 5) is 42.1. The van der Waals surface area contributed by atoms with Crippen molar-refractivity contribution in [1.29, 1.82) is 0 Å². The van der Waals surface area contributed by atoms with Gasteiger partial charge in [-0.05, 0) is 31.4 Å². The Balaban J connectivity index is 0.000000318. The van der Waals surface area contributed by atoms with Gasteiger partial charge in [-0.1, -0.05) is 0 Å². The van der Waals surface area contributed by atoms with Crippen LogP contribution < -0.4 is 4.90 Å². The summed E-state index contributed by atoms with van der Waals surface area (Å²) in [5, 5.41) is 7.12. The number of anilines is 1. The minimum atomic E-state index is -5.08. The van der Waals surface area contributed by atoms with Gasteiger partial charge in [0.15, 0.2) is 0 Å². The first-order valence-electron chi connectivity index (χ1n) is 9.60. The highest BCUT2D eigenvalue weighted by atomic mass is 19.4. The normalized spacial score (nSPS) is 24.3. The summed E-state index contributed by atoms with van der Waals surface area (Å²) in [6.45, 7) is 2.08. The first-order valence-corrected chi connectivity index (χ1v) is 9.60. The molecular formula is C19H22F3N3O5. The van der Waals surface area contributed by atoms with Crippen molar-refractivity contribution in [2.24, 2.45) is 5.92 Å². The fourth-order valence-electron chi connectivity index (χ4n) is 4.13. The van der Waals surface area contributed by atoms with Gasteiger partial charge in [-0.25, -0.2) is 4.79 Å². The molecular weight excluding hydrogens is 407 g/mol. The Morgan fingerprint density at radius 1 is 1.17 bits per heavy atom. The van der Waals surface area contributed by atoms with E-state index in [0.29, 0.717) is 19.6 Å². The fourth-order valence-corrected chi connectivity index (χ4v) is 4.13. The smallest absolute Gasteiger partial charge is 0.475 e. The second kappa shape index (κ2) is 8.99. The molecule has 2 amide bonds. The van der Waals surface area contributed by atoms with Crippen LogP contribution in [0.5, 0.6) is 0 Å². The molecule has 0 bridgehead atoms. The highest BCUT2D eigenvalue weighted by Crippen LogP contribution is 2.37. The molecule has 30 heavy (non-hydrogen) atoms. The summed E-state index contributed by atoms with van der Waals surface area (Å²) in [6, 6.07) is 3.86. The molecule has 0 unspecified atom stereocenters. The molecule has 1 N–H and O–H groups in total. The molecule has 4 rings (SSSR count). The number of pyridine rings is 1. The van der Waals surface area contributed by atoms with E-state index in [2.05, 4.69) is 4.98 Å². The van der Waals surface area contributed by atoms with Crippen LogP contribution in [0.25, 0.3) is 0 Å². The number of nitrogens with zero attached hydrogens (tertiary/aromatic N) is 3. The van der Waals surface area contributed by atoms with E-state index in [0.717, 1.165) is 31.5 Å². The van der Waals surface area contributed by atoms with Crippen LogP contribution in [0.15, 0.2) is 24.5 Å². The lowest BCUT2D eigenvalue weighted by atomic mass is 9.98. The van der Waals surface area contributed by atoms with Crippen molar-refractivity contribution >= 4 is 23.5 Å². The SMILES string of the molecule is O=C(C1CCOCC1)N1CC[C@H]2[C@H]1CC(=O)N2c1cccnc1.O=C(O)C(F)(F)F. The monoisotopic (exact) mass is 429 g/mol. The lowest BCUT2D eigenvalue weighted by molar-refractivity contribution is -0.192. The Bertz CT molecular complexity index is 783. The maximum absolute atomic E-state index is 12.8. The third kappa shape index (κ3) is 4.72. The number of hydrogen-bond donors (Lipinski definition) is 1. The van der Waals surface area contributed by atoms with Crippen molar-refractivity contribution < 1.29 is 37.4 Å². The van der Waals surface area contributed by atoms with Gasteiger partial charge in [0.05, 0.1) is 24.0 Å². The van der Waals surface area contributed by atoms with E-state index in [1.807, 2.05) is 21.9 Å². The number of carbonyl (C=O) groups excluding carboxylic acids is 2. The number of ether oxygens (including phenoxy) is 1. The number of rotatable bonds is 2. The zero-order chi connectivity index (χ0) is 21.9. The standard InChI is InChI=1S/C17H21N3O3.C2HF3O2/c21-16-10-15-14(20(16)13-2-1-6-18-11-13)3-7-19(15)17(22)12-4-8-23-9-5-12;3-2(4,5)1(6)7/h1-2,6,11-12,14-15H,3-5,7-10H2;(H,6,7)/t14-,15+;/m0./s1. The van der Waals surface area contributed by atoms with E-state index < -0.39 is 12.1 Å². The molecule has 4 heterocycles. The van der Waals surface area contributed by atoms with Crippen molar-refractivity contribution in [2.75, 3.05) is 24.7 Å². The first-order chi connectivity index (χ1) is 14.2. The molecule has 3 fully saturated rings. The maximum Gasteiger partial charge on any atom is 0.490 e. The highest BCUT2D eigenvalue weighted by Gasteiger charge is 2.49. The van der Waals surface area contributed by atoms with Gasteiger partial charge < -0.3 is 19.6 Å². The van der Waals surface area contributed by atoms with E-state index in [4.69, 9.17) is 14.6 Å². The van der Waals surface area contributed by atoms with E-state index in [9.17, 15) is 22.8 Å². The predicted molar refractivity (Wildman–Crippen MR) is 97.5 cm³/mol. The van der Waals surface area contributed by atoms with Gasteiger partial charge in [0.2, 0.25) is 11.8 Å². The van der Waals surface area contributed by atoms with Gasteiger partial charge in [-0.2, -0.15) is 13.2 Å². The predicted octanol–water partition coefficient (Wildman–Crippen LogP) is 1.85. The van der Waals surface area contributed by atoms with Crippen molar-refractivity contribution in [3.8, 4) is 0 Å². The molecule has 1 aromatic heterocycles. The largest absolute Gasteiger partial charge is 0.490 e. The molecule has 2 atom stereocenters. The third-order valence-electron chi connectivity index (χ3n) is 5.51. The van der Waals surface area contributed by atoms with E-state index in [1.54, 1.807) is 12.4 Å². The van der Waals surface area contributed by atoms with Gasteiger partial charge in [-0.3, -0.25) is 14.6 Å². The number of carbonyl (C=O) groups is 3. The lowest BCUT2D eigenvalue weighted by Crippen LogP contribution is -2.43. The average molecular weight is 429 g/mol. The molecule has 3 saturated heterocycles. The summed E-state index contributed by atoms with van der Waals surface area (Å²) in [5.74, 6) is -2.39. The van der Waals surface area contributed by atoms with Crippen molar-refractivity contribution in [1.82, 2.24) is 9.88 Å². The number of carboxylic acid groups (broad SMARTS) is 1. The van der Waals surface area contributed by atoms with Gasteiger partial charge in [-0.15, -0.1) is 0 Å². The lowest BCUT2D eigenvalue weighted by Gasteiger charge is -2.30. The number of likely N-dealkylation sites (tertiary alicyclic amines) is 1. The molecule has 0 spiro atoms. The average Bonchev–Trinajstić information content (AvgIpc) is 3.26. The number of halogens is 3. The Labute approximate surface area is 170 Å². The number of carboxylic acids is 1. The van der Waals surface area contributed by atoms with Crippen molar-refractivity contribution in [3.63, 3.8) is 0 Å². The summed E-state index contributed by atoms with van der Waals surface area (Å²) in [5.41, 5.74) is 0.838. The van der Waals surface area contributed by atoms with E-state index in [1.165, 1.54) is 0 Å². The van der Waals surface area contributed by atoms with Crippen LogP contribution in [0, 0.1) is 5.92 Å². The molecule has 164 valence electrons. The Hall–Kier alpha value is -2.69. The van der Waals surface area contributed by atoms with E-state index in [-0.39, 0.29) is 29.8 Å². The number of amides is 2. The van der Waals surface area contributed by atoms with Gasteiger partial charge >= 0.3 is 12.1 Å². The molecule has 11 heteroatoms. The molecule has 8 nitrogen and oxygen atoms in total. The molecule has 0 radical (unpaired) electrons. The van der Waals surface area contributed by atoms with Gasteiger partial charge in [0.1, 0.15) is 0 Å². The molecule has 3 aliphatic heterocycles. The number of aromatic nitrogens is 1. The second-order valence-electron chi connectivity index (χ2n) is 7.32. The zero-order valence-electron chi connectivity index (χ0n) is 16.0. The van der Waals surface area contributed by atoms with E-state index >= 15 is 0 Å². The minimum Gasteiger partial charge on any atom is -0.475 e. The quantitative estimate of drug-likeness (QED) is 0.770. The molecule has 0 saturated carbocycles. The second-order valence-corrected chi connectivity index (χ2v) is 7.32. The molecule has 0 aliphatic carbocycles.